The number of nitrogens with one attached hydrogen (secondary N) is 1. The highest BCUT2D eigenvalue weighted by atomic mass is 32.2. The number of para-hydroxylation sites is 1. The Morgan fingerprint density at radius 1 is 1.03 bits per heavy atom. The molecular formula is C23H47NO8S. The zero-order chi connectivity index (χ0) is 22.8. The smallest absolute Gasteiger partial charge is 0.298 e. The van der Waals surface area contributed by atoms with E-state index in [1.807, 2.05) is 0 Å². The molecule has 1 amide bonds. The molecule has 2 atom stereocenters. The van der Waals surface area contributed by atoms with Crippen LogP contribution in [0.4, 0.5) is 5.69 Å². The molecule has 0 aliphatic carbocycles. The van der Waals surface area contributed by atoms with Gasteiger partial charge in [-0.05, 0) is 39.8 Å². The Balaban J connectivity index is -0.000000144. The van der Waals surface area contributed by atoms with Crippen molar-refractivity contribution in [3.8, 4) is 0 Å². The van der Waals surface area contributed by atoms with Gasteiger partial charge in [-0.25, -0.2) is 0 Å². The minimum Gasteiger partial charge on any atom is -0.374 e. The van der Waals surface area contributed by atoms with Crippen LogP contribution in [0, 0.1) is 0 Å². The average Bonchev–Trinajstić information content (AvgIpc) is 2.67. The van der Waals surface area contributed by atoms with E-state index in [0.29, 0.717) is 0 Å². The van der Waals surface area contributed by atoms with Crippen molar-refractivity contribution in [3.05, 3.63) is 24.3 Å². The van der Waals surface area contributed by atoms with Gasteiger partial charge in [-0.2, -0.15) is 8.42 Å². The molecule has 1 rings (SSSR count). The highest BCUT2D eigenvalue weighted by molar-refractivity contribution is 7.87. The van der Waals surface area contributed by atoms with Gasteiger partial charge in [-0.3, -0.25) is 18.6 Å². The molecule has 0 aromatic heterocycles. The maximum absolute atomic E-state index is 12.1. The minimum atomic E-state index is -3.95. The Morgan fingerprint density at radius 3 is 1.85 bits per heavy atom. The summed E-state index contributed by atoms with van der Waals surface area (Å²) in [6.45, 7) is 6.04. The van der Waals surface area contributed by atoms with Crippen LogP contribution in [0.15, 0.2) is 29.2 Å². The predicted molar refractivity (Wildman–Crippen MR) is 136 cm³/mol. The van der Waals surface area contributed by atoms with Crippen molar-refractivity contribution >= 4 is 33.3 Å². The summed E-state index contributed by atoms with van der Waals surface area (Å²) in [5.41, 5.74) is -1.18. The van der Waals surface area contributed by atoms with Gasteiger partial charge in [0.2, 0.25) is 5.91 Å². The van der Waals surface area contributed by atoms with Crippen LogP contribution >= 0.6 is 0 Å². The largest absolute Gasteiger partial charge is 0.374 e. The molecule has 1 aromatic carbocycles. The molecule has 0 fully saturated rings. The average molecular weight is 498 g/mol. The number of hydrogen-bond donors (Lipinski definition) is 1. The first-order valence-electron chi connectivity index (χ1n) is 8.63. The summed E-state index contributed by atoms with van der Waals surface area (Å²) in [4.78, 5) is 33.7. The molecule has 10 heteroatoms. The van der Waals surface area contributed by atoms with Crippen LogP contribution in [0.1, 0.15) is 65.2 Å². The lowest BCUT2D eigenvalue weighted by atomic mass is 9.97. The molecule has 9 nitrogen and oxygen atoms in total. The highest BCUT2D eigenvalue weighted by Gasteiger charge is 2.33. The Labute approximate surface area is 202 Å². The van der Waals surface area contributed by atoms with Crippen LogP contribution in [-0.2, 0) is 38.2 Å². The maximum Gasteiger partial charge on any atom is 0.298 e. The number of benzene rings is 1. The van der Waals surface area contributed by atoms with Crippen LogP contribution < -0.4 is 5.32 Å². The molecule has 0 radical (unpaired) electrons. The first kappa shape index (κ1) is 41.1. The number of amides is 1. The third-order valence-corrected chi connectivity index (χ3v) is 5.60. The fourth-order valence-electron chi connectivity index (χ4n) is 1.88. The topological polar surface area (TPSA) is 125 Å². The van der Waals surface area contributed by atoms with E-state index in [9.17, 15) is 22.8 Å². The molecule has 0 aliphatic rings. The van der Waals surface area contributed by atoms with E-state index in [1.165, 1.54) is 53.2 Å². The van der Waals surface area contributed by atoms with Crippen LogP contribution in [0.2, 0.25) is 0 Å². The van der Waals surface area contributed by atoms with E-state index in [2.05, 4.69) is 14.2 Å². The van der Waals surface area contributed by atoms with Gasteiger partial charge in [0.1, 0.15) is 16.6 Å². The monoisotopic (exact) mass is 497 g/mol. The number of hydrogen-bond acceptors (Lipinski definition) is 8. The highest BCUT2D eigenvalue weighted by Crippen LogP contribution is 2.24. The maximum atomic E-state index is 12.1. The SMILES string of the molecule is C.C.C.C.COC(C)(CC(=O)Nc1ccccc1S(=O)(=O)OC)C(C)=O.COC(C)C(C)=O.[HH]. The lowest BCUT2D eigenvalue weighted by Crippen LogP contribution is -2.39. The minimum absolute atomic E-state index is 0. The van der Waals surface area contributed by atoms with Crippen LogP contribution in [0.25, 0.3) is 0 Å². The van der Waals surface area contributed by atoms with E-state index < -0.39 is 21.6 Å². The van der Waals surface area contributed by atoms with Crippen LogP contribution in [0.3, 0.4) is 0 Å². The quantitative estimate of drug-likeness (QED) is 0.485. The summed E-state index contributed by atoms with van der Waals surface area (Å²) in [5, 5.41) is 2.47. The molecule has 0 saturated carbocycles. The number of carbonyl (C=O) groups excluding carboxylic acids is 3. The van der Waals surface area contributed by atoms with Crippen molar-refractivity contribution in [1.29, 1.82) is 0 Å². The van der Waals surface area contributed by atoms with E-state index >= 15 is 0 Å². The summed E-state index contributed by atoms with van der Waals surface area (Å²) in [6.07, 6.45) is -0.472. The molecule has 0 aliphatic heterocycles. The summed E-state index contributed by atoms with van der Waals surface area (Å²) in [5.74, 6) is -0.774. The van der Waals surface area contributed by atoms with Crippen molar-refractivity contribution in [1.82, 2.24) is 0 Å². The van der Waals surface area contributed by atoms with Gasteiger partial charge >= 0.3 is 0 Å². The van der Waals surface area contributed by atoms with Gasteiger partial charge < -0.3 is 14.8 Å². The number of anilines is 1. The molecule has 0 spiro atoms. The molecule has 0 heterocycles. The second-order valence-corrected chi connectivity index (χ2v) is 8.00. The summed E-state index contributed by atoms with van der Waals surface area (Å²) in [7, 11) is -0.0683. The van der Waals surface area contributed by atoms with Crippen molar-refractivity contribution in [3.63, 3.8) is 0 Å². The molecule has 0 saturated heterocycles. The molecule has 198 valence electrons. The molecule has 0 bridgehead atoms. The van der Waals surface area contributed by atoms with Gasteiger partial charge in [0.25, 0.3) is 10.1 Å². The summed E-state index contributed by atoms with van der Waals surface area (Å²) in [6, 6.07) is 5.83. The van der Waals surface area contributed by atoms with E-state index in [-0.39, 0.29) is 65.8 Å². The second kappa shape index (κ2) is 18.3. The summed E-state index contributed by atoms with van der Waals surface area (Å²) >= 11 is 0. The number of rotatable bonds is 9. The van der Waals surface area contributed by atoms with Crippen LogP contribution in [0.5, 0.6) is 0 Å². The van der Waals surface area contributed by atoms with E-state index in [4.69, 9.17) is 4.74 Å². The first-order valence-corrected chi connectivity index (χ1v) is 10.0. The molecule has 33 heavy (non-hydrogen) atoms. The van der Waals surface area contributed by atoms with Gasteiger partial charge in [-0.15, -0.1) is 0 Å². The Bertz CT molecular complexity index is 830. The third kappa shape index (κ3) is 13.2. The van der Waals surface area contributed by atoms with Gasteiger partial charge in [0.05, 0.1) is 19.2 Å². The fraction of sp³-hybridized carbons (Fsp3) is 0.609. The van der Waals surface area contributed by atoms with E-state index in [1.54, 1.807) is 13.0 Å². The van der Waals surface area contributed by atoms with E-state index in [0.717, 1.165) is 7.11 Å². The number of ketones is 2. The Hall–Kier alpha value is -2.14. The van der Waals surface area contributed by atoms with Crippen molar-refractivity contribution < 1.29 is 37.9 Å². The standard InChI is InChI=1S/C14H19NO6S.C5H10O2.4CH4.H2/c1-10(16)14(2,20-3)9-13(17)15-11-7-5-6-8-12(11)22(18,19)21-4;1-4(6)5(2)7-3;;;;;/h5-8H,9H2,1-4H3,(H,15,17);5H,1-3H3;4*1H4;1H. The Morgan fingerprint density at radius 2 is 1.52 bits per heavy atom. The van der Waals surface area contributed by atoms with Crippen molar-refractivity contribution in [2.45, 2.75) is 80.4 Å². The zero-order valence-corrected chi connectivity index (χ0v) is 18.6. The van der Waals surface area contributed by atoms with Gasteiger partial charge in [0, 0.05) is 15.6 Å². The first-order chi connectivity index (χ1) is 13.3. The number of methoxy groups -OCH3 is 2. The lowest BCUT2D eigenvalue weighted by molar-refractivity contribution is -0.141. The Kier molecular flexibility index (Phi) is 22.8. The molecule has 1 aromatic rings. The zero-order valence-electron chi connectivity index (χ0n) is 17.8. The number of carbonyl (C=O) groups is 3. The lowest BCUT2D eigenvalue weighted by Gasteiger charge is -2.24. The van der Waals surface area contributed by atoms with Crippen molar-refractivity contribution in [2.24, 2.45) is 0 Å². The molecular weight excluding hydrogens is 450 g/mol. The van der Waals surface area contributed by atoms with Crippen LogP contribution in [-0.4, -0.2) is 58.9 Å². The van der Waals surface area contributed by atoms with Crippen molar-refractivity contribution in [2.75, 3.05) is 26.6 Å². The molecule has 1 N–H and O–H groups in total. The predicted octanol–water partition coefficient (Wildman–Crippen LogP) is 4.75. The van der Waals surface area contributed by atoms with Gasteiger partial charge in [0.15, 0.2) is 11.6 Å². The number of Topliss-reactive ketones (excluding diaryl/α,β-unsaturated/α-hetero) is 2. The second-order valence-electron chi connectivity index (χ2n) is 6.32. The van der Waals surface area contributed by atoms with Gasteiger partial charge in [-0.1, -0.05) is 41.8 Å². The number of ether oxygens (including phenoxy) is 2. The fourth-order valence-corrected chi connectivity index (χ4v) is 2.70. The summed E-state index contributed by atoms with van der Waals surface area (Å²) < 4.78 is 37.8. The third-order valence-electron chi connectivity index (χ3n) is 4.27. The normalized spacial score (nSPS) is 12.3. The molecule has 2 unspecified atom stereocenters.